The van der Waals surface area contributed by atoms with Crippen LogP contribution in [-0.4, -0.2) is 24.7 Å². The largest absolute Gasteiger partial charge is 0.368 e. The van der Waals surface area contributed by atoms with Gasteiger partial charge in [0.05, 0.1) is 6.54 Å². The predicted molar refractivity (Wildman–Crippen MR) is 50.0 cm³/mol. The first kappa shape index (κ1) is 8.42. The highest BCUT2D eigenvalue weighted by Gasteiger charge is 2.04. The Labute approximate surface area is 79.8 Å². The third-order valence-electron chi connectivity index (χ3n) is 1.66. The molecule has 0 fully saturated rings. The lowest BCUT2D eigenvalue weighted by Gasteiger charge is -2.00. The monoisotopic (exact) mass is 191 g/mol. The topological polar surface area (TPSA) is 109 Å². The van der Waals surface area contributed by atoms with E-state index in [1.165, 1.54) is 11.0 Å². The molecule has 0 saturated heterocycles. The lowest BCUT2D eigenvalue weighted by molar-refractivity contribution is 0.694. The summed E-state index contributed by atoms with van der Waals surface area (Å²) in [6.07, 6.45) is 4.83. The van der Waals surface area contributed by atoms with Gasteiger partial charge < -0.3 is 11.5 Å². The highest BCUT2D eigenvalue weighted by Crippen LogP contribution is 2.04. The van der Waals surface area contributed by atoms with Crippen molar-refractivity contribution in [3.63, 3.8) is 0 Å². The van der Waals surface area contributed by atoms with Crippen molar-refractivity contribution in [2.45, 2.75) is 6.54 Å². The summed E-state index contributed by atoms with van der Waals surface area (Å²) in [6.45, 7) is 0.469. The molecule has 2 aromatic heterocycles. The maximum Gasteiger partial charge on any atom is 0.241 e. The average molecular weight is 191 g/mol. The van der Waals surface area contributed by atoms with E-state index in [1.54, 1.807) is 12.4 Å². The van der Waals surface area contributed by atoms with Gasteiger partial charge in [0, 0.05) is 18.0 Å². The van der Waals surface area contributed by atoms with Crippen molar-refractivity contribution in [2.75, 3.05) is 11.5 Å². The lowest BCUT2D eigenvalue weighted by atomic mass is 10.3. The van der Waals surface area contributed by atoms with Crippen LogP contribution < -0.4 is 11.5 Å². The fourth-order valence-corrected chi connectivity index (χ4v) is 1.07. The molecule has 14 heavy (non-hydrogen) atoms. The van der Waals surface area contributed by atoms with Crippen molar-refractivity contribution in [3.05, 3.63) is 24.3 Å². The van der Waals surface area contributed by atoms with Gasteiger partial charge in [-0.25, -0.2) is 14.6 Å². The second kappa shape index (κ2) is 3.29. The summed E-state index contributed by atoms with van der Waals surface area (Å²) in [4.78, 5) is 11.5. The van der Waals surface area contributed by atoms with Crippen LogP contribution in [0, 0.1) is 0 Å². The summed E-state index contributed by atoms with van der Waals surface area (Å²) < 4.78 is 1.49. The molecular formula is C7H9N7. The average Bonchev–Trinajstić information content (AvgIpc) is 2.47. The first-order valence-corrected chi connectivity index (χ1v) is 3.95. The molecule has 0 aliphatic rings. The van der Waals surface area contributed by atoms with E-state index in [-0.39, 0.29) is 11.9 Å². The Morgan fingerprint density at radius 3 is 2.50 bits per heavy atom. The molecule has 0 saturated carbocycles. The van der Waals surface area contributed by atoms with Crippen molar-refractivity contribution >= 4 is 11.9 Å². The highest BCUT2D eigenvalue weighted by molar-refractivity contribution is 5.27. The first-order valence-electron chi connectivity index (χ1n) is 3.95. The summed E-state index contributed by atoms with van der Waals surface area (Å²) >= 11 is 0. The summed E-state index contributed by atoms with van der Waals surface area (Å²) in [6, 6.07) is 0. The van der Waals surface area contributed by atoms with Gasteiger partial charge in [0.1, 0.15) is 6.33 Å². The van der Waals surface area contributed by atoms with E-state index >= 15 is 0 Å². The molecule has 2 heterocycles. The van der Waals surface area contributed by atoms with Crippen LogP contribution in [0.1, 0.15) is 5.56 Å². The summed E-state index contributed by atoms with van der Waals surface area (Å²) in [5, 5.41) is 3.91. The van der Waals surface area contributed by atoms with Gasteiger partial charge in [0.25, 0.3) is 0 Å². The van der Waals surface area contributed by atoms with Gasteiger partial charge in [-0.2, -0.15) is 4.98 Å². The molecule has 0 spiro atoms. The van der Waals surface area contributed by atoms with E-state index < -0.39 is 0 Å². The van der Waals surface area contributed by atoms with Gasteiger partial charge >= 0.3 is 0 Å². The first-order chi connectivity index (χ1) is 6.75. The van der Waals surface area contributed by atoms with Gasteiger partial charge in [-0.1, -0.05) is 0 Å². The smallest absolute Gasteiger partial charge is 0.241 e. The maximum atomic E-state index is 5.56. The minimum Gasteiger partial charge on any atom is -0.368 e. The van der Waals surface area contributed by atoms with Crippen molar-refractivity contribution in [3.8, 4) is 0 Å². The molecule has 7 nitrogen and oxygen atoms in total. The third kappa shape index (κ3) is 1.60. The Hall–Kier alpha value is -2.18. The summed E-state index contributed by atoms with van der Waals surface area (Å²) in [5.41, 5.74) is 11.8. The quantitative estimate of drug-likeness (QED) is 0.648. The van der Waals surface area contributed by atoms with Crippen LogP contribution in [0.25, 0.3) is 0 Å². The normalized spacial score (nSPS) is 10.3. The van der Waals surface area contributed by atoms with Gasteiger partial charge in [-0.3, -0.25) is 0 Å². The number of hydrogen-bond donors (Lipinski definition) is 2. The van der Waals surface area contributed by atoms with Crippen LogP contribution in [0.5, 0.6) is 0 Å². The van der Waals surface area contributed by atoms with Crippen LogP contribution in [0.4, 0.5) is 11.9 Å². The second-order valence-corrected chi connectivity index (χ2v) is 2.73. The van der Waals surface area contributed by atoms with E-state index in [2.05, 4.69) is 20.1 Å². The molecule has 0 atom stereocenters. The molecule has 0 aliphatic carbocycles. The standard InChI is InChI=1S/C7H9N7/c8-6-12-7(9)14(13-6)3-5-1-10-4-11-2-5/h1-2,4H,3H2,(H4,8,9,12,13). The molecular weight excluding hydrogens is 182 g/mol. The van der Waals surface area contributed by atoms with E-state index in [0.717, 1.165) is 5.56 Å². The van der Waals surface area contributed by atoms with Crippen molar-refractivity contribution in [1.82, 2.24) is 24.7 Å². The zero-order valence-corrected chi connectivity index (χ0v) is 7.33. The molecule has 0 unspecified atom stereocenters. The van der Waals surface area contributed by atoms with E-state index in [0.29, 0.717) is 6.54 Å². The maximum absolute atomic E-state index is 5.56. The third-order valence-corrected chi connectivity index (χ3v) is 1.66. The zero-order valence-electron chi connectivity index (χ0n) is 7.33. The number of aromatic nitrogens is 5. The fraction of sp³-hybridized carbons (Fsp3) is 0.143. The molecule has 0 bridgehead atoms. The molecule has 0 radical (unpaired) electrons. The molecule has 7 heteroatoms. The molecule has 2 rings (SSSR count). The van der Waals surface area contributed by atoms with Crippen molar-refractivity contribution in [2.24, 2.45) is 0 Å². The molecule has 0 aromatic carbocycles. The van der Waals surface area contributed by atoms with Crippen LogP contribution in [-0.2, 0) is 6.54 Å². The SMILES string of the molecule is Nc1nc(N)n(Cc2cncnc2)n1. The Balaban J connectivity index is 2.23. The van der Waals surface area contributed by atoms with Crippen LogP contribution in [0.2, 0.25) is 0 Å². The molecule has 2 aromatic rings. The van der Waals surface area contributed by atoms with E-state index in [1.807, 2.05) is 0 Å². The number of nitrogens with two attached hydrogens (primary N) is 2. The van der Waals surface area contributed by atoms with Gasteiger partial charge in [0.2, 0.25) is 11.9 Å². The molecule has 72 valence electrons. The van der Waals surface area contributed by atoms with Crippen LogP contribution in [0.15, 0.2) is 18.7 Å². The number of hydrogen-bond acceptors (Lipinski definition) is 6. The zero-order chi connectivity index (χ0) is 9.97. The number of nitrogen functional groups attached to an aromatic ring is 2. The Morgan fingerprint density at radius 1 is 1.21 bits per heavy atom. The van der Waals surface area contributed by atoms with E-state index in [9.17, 15) is 0 Å². The fourth-order valence-electron chi connectivity index (χ4n) is 1.07. The molecule has 0 amide bonds. The lowest BCUT2D eigenvalue weighted by Crippen LogP contribution is -2.06. The van der Waals surface area contributed by atoms with Gasteiger partial charge in [-0.15, -0.1) is 5.10 Å². The number of nitrogens with zero attached hydrogens (tertiary/aromatic N) is 5. The highest BCUT2D eigenvalue weighted by atomic mass is 15.4. The minimum absolute atomic E-state index is 0.166. The second-order valence-electron chi connectivity index (χ2n) is 2.73. The Kier molecular flexibility index (Phi) is 1.98. The Morgan fingerprint density at radius 2 is 1.93 bits per heavy atom. The molecule has 4 N–H and O–H groups in total. The summed E-state index contributed by atoms with van der Waals surface area (Å²) in [5.74, 6) is 0.450. The van der Waals surface area contributed by atoms with Crippen molar-refractivity contribution < 1.29 is 0 Å². The van der Waals surface area contributed by atoms with Crippen LogP contribution >= 0.6 is 0 Å². The summed E-state index contributed by atoms with van der Waals surface area (Å²) in [7, 11) is 0. The predicted octanol–water partition coefficient (Wildman–Crippen LogP) is -0.719. The van der Waals surface area contributed by atoms with Crippen molar-refractivity contribution in [1.29, 1.82) is 0 Å². The Bertz CT molecular complexity index is 421. The minimum atomic E-state index is 0.166. The van der Waals surface area contributed by atoms with Gasteiger partial charge in [-0.05, 0) is 0 Å². The van der Waals surface area contributed by atoms with E-state index in [4.69, 9.17) is 11.5 Å². The number of rotatable bonds is 2. The van der Waals surface area contributed by atoms with Crippen LogP contribution in [0.3, 0.4) is 0 Å². The number of anilines is 2. The molecule has 0 aliphatic heterocycles. The van der Waals surface area contributed by atoms with Gasteiger partial charge in [0.15, 0.2) is 0 Å².